The second-order valence-corrected chi connectivity index (χ2v) is 4.31. The first kappa shape index (κ1) is 13.7. The van der Waals surface area contributed by atoms with Crippen LogP contribution < -0.4 is 14.8 Å². The zero-order valence-electron chi connectivity index (χ0n) is 10.8. The molecule has 0 aliphatic carbocycles. The number of rotatable bonds is 6. The van der Waals surface area contributed by atoms with Gasteiger partial charge in [-0.25, -0.2) is 0 Å². The van der Waals surface area contributed by atoms with Crippen LogP contribution in [0.1, 0.15) is 11.3 Å². The Balaban J connectivity index is 2.18. The summed E-state index contributed by atoms with van der Waals surface area (Å²) in [5.41, 5.74) is 1.02. The third-order valence-corrected chi connectivity index (χ3v) is 2.80. The molecule has 0 bridgehead atoms. The molecule has 19 heavy (non-hydrogen) atoms. The van der Waals surface area contributed by atoms with Crippen LogP contribution in [0.4, 0.5) is 0 Å². The Kier molecular flexibility index (Phi) is 4.65. The Morgan fingerprint density at radius 3 is 2.89 bits per heavy atom. The lowest BCUT2D eigenvalue weighted by Crippen LogP contribution is -2.06. The highest BCUT2D eigenvalue weighted by Crippen LogP contribution is 2.36. The van der Waals surface area contributed by atoms with E-state index >= 15 is 0 Å². The van der Waals surface area contributed by atoms with Gasteiger partial charge in [-0.1, -0.05) is 16.8 Å². The maximum atomic E-state index is 6.21. The molecule has 0 saturated carbocycles. The molecule has 5 nitrogen and oxygen atoms in total. The third-order valence-electron chi connectivity index (χ3n) is 2.52. The van der Waals surface area contributed by atoms with Crippen molar-refractivity contribution in [1.82, 2.24) is 10.5 Å². The average Bonchev–Trinajstić information content (AvgIpc) is 2.90. The molecule has 0 fully saturated rings. The van der Waals surface area contributed by atoms with Crippen molar-refractivity contribution in [3.05, 3.63) is 40.7 Å². The van der Waals surface area contributed by atoms with Gasteiger partial charge in [0.1, 0.15) is 6.61 Å². The Hall–Kier alpha value is -1.72. The zero-order chi connectivity index (χ0) is 13.7. The Morgan fingerprint density at radius 2 is 2.26 bits per heavy atom. The number of halogens is 1. The van der Waals surface area contributed by atoms with Crippen molar-refractivity contribution < 1.29 is 14.0 Å². The Bertz CT molecular complexity index is 529. The molecule has 2 aromatic rings. The summed E-state index contributed by atoms with van der Waals surface area (Å²) < 4.78 is 15.9. The predicted octanol–water partition coefficient (Wildman–Crippen LogP) is 2.64. The summed E-state index contributed by atoms with van der Waals surface area (Å²) in [5, 5.41) is 7.17. The second kappa shape index (κ2) is 6.45. The molecule has 0 amide bonds. The van der Waals surface area contributed by atoms with Gasteiger partial charge < -0.3 is 19.3 Å². The number of methoxy groups -OCH3 is 1. The summed E-state index contributed by atoms with van der Waals surface area (Å²) in [5.74, 6) is 1.72. The van der Waals surface area contributed by atoms with Gasteiger partial charge in [0.15, 0.2) is 17.3 Å². The fourth-order valence-corrected chi connectivity index (χ4v) is 1.97. The Morgan fingerprint density at radius 1 is 1.42 bits per heavy atom. The van der Waals surface area contributed by atoms with E-state index in [4.69, 9.17) is 25.6 Å². The minimum absolute atomic E-state index is 0.251. The topological polar surface area (TPSA) is 56.5 Å². The number of benzene rings is 1. The molecule has 1 heterocycles. The summed E-state index contributed by atoms with van der Waals surface area (Å²) >= 11 is 6.21. The van der Waals surface area contributed by atoms with Crippen molar-refractivity contribution in [1.29, 1.82) is 0 Å². The van der Waals surface area contributed by atoms with E-state index in [1.807, 2.05) is 19.2 Å². The number of nitrogens with one attached hydrogen (secondary N) is 1. The van der Waals surface area contributed by atoms with Gasteiger partial charge in [-0.2, -0.15) is 0 Å². The summed E-state index contributed by atoms with van der Waals surface area (Å²) in [6.07, 6.45) is 1.56. The van der Waals surface area contributed by atoms with Crippen molar-refractivity contribution in [2.45, 2.75) is 13.2 Å². The molecule has 1 aromatic heterocycles. The van der Waals surface area contributed by atoms with Crippen LogP contribution in [0.15, 0.2) is 28.9 Å². The molecule has 0 atom stereocenters. The van der Waals surface area contributed by atoms with E-state index < -0.39 is 0 Å². The van der Waals surface area contributed by atoms with Crippen LogP contribution in [0, 0.1) is 0 Å². The third kappa shape index (κ3) is 3.39. The van der Waals surface area contributed by atoms with Crippen LogP contribution in [-0.2, 0) is 13.2 Å². The first-order chi connectivity index (χ1) is 9.24. The molecule has 0 radical (unpaired) electrons. The highest BCUT2D eigenvalue weighted by Gasteiger charge is 2.12. The largest absolute Gasteiger partial charge is 0.493 e. The highest BCUT2D eigenvalue weighted by molar-refractivity contribution is 6.32. The van der Waals surface area contributed by atoms with Gasteiger partial charge in [0, 0.05) is 12.6 Å². The van der Waals surface area contributed by atoms with E-state index in [0.717, 1.165) is 5.56 Å². The number of ether oxygens (including phenoxy) is 2. The molecule has 2 rings (SSSR count). The van der Waals surface area contributed by atoms with Crippen LogP contribution >= 0.6 is 11.6 Å². The molecule has 0 aliphatic heterocycles. The first-order valence-electron chi connectivity index (χ1n) is 5.78. The molecular weight excluding hydrogens is 268 g/mol. The lowest BCUT2D eigenvalue weighted by atomic mass is 10.2. The van der Waals surface area contributed by atoms with E-state index in [-0.39, 0.29) is 6.61 Å². The van der Waals surface area contributed by atoms with Gasteiger partial charge in [0.25, 0.3) is 0 Å². The van der Waals surface area contributed by atoms with Crippen molar-refractivity contribution >= 4 is 11.6 Å². The standard InChI is InChI=1S/C13H15ClN2O3/c1-15-7-9-5-11(14)13(12(6-9)17-2)18-8-10-3-4-16-19-10/h3-6,15H,7-8H2,1-2H3. The van der Waals surface area contributed by atoms with Gasteiger partial charge in [-0.3, -0.25) is 0 Å². The number of hydrogen-bond donors (Lipinski definition) is 1. The van der Waals surface area contributed by atoms with Crippen molar-refractivity contribution in [2.75, 3.05) is 14.2 Å². The smallest absolute Gasteiger partial charge is 0.180 e. The number of nitrogens with zero attached hydrogens (tertiary/aromatic N) is 1. The second-order valence-electron chi connectivity index (χ2n) is 3.91. The van der Waals surface area contributed by atoms with Gasteiger partial charge in [-0.05, 0) is 24.7 Å². The summed E-state index contributed by atoms with van der Waals surface area (Å²) in [6.45, 7) is 0.958. The van der Waals surface area contributed by atoms with Crippen molar-refractivity contribution in [2.24, 2.45) is 0 Å². The first-order valence-corrected chi connectivity index (χ1v) is 6.15. The molecular formula is C13H15ClN2O3. The van der Waals surface area contributed by atoms with Crippen LogP contribution in [0.3, 0.4) is 0 Å². The molecule has 1 N–H and O–H groups in total. The van der Waals surface area contributed by atoms with Crippen molar-refractivity contribution in [3.8, 4) is 11.5 Å². The normalized spacial score (nSPS) is 10.5. The average molecular weight is 283 g/mol. The number of hydrogen-bond acceptors (Lipinski definition) is 5. The lowest BCUT2D eigenvalue weighted by molar-refractivity contribution is 0.239. The van der Waals surface area contributed by atoms with Gasteiger partial charge in [-0.15, -0.1) is 0 Å². The van der Waals surface area contributed by atoms with Crippen LogP contribution in [0.25, 0.3) is 0 Å². The predicted molar refractivity (Wildman–Crippen MR) is 71.6 cm³/mol. The monoisotopic (exact) mass is 282 g/mol. The minimum atomic E-state index is 0.251. The molecule has 0 aliphatic rings. The molecule has 0 spiro atoms. The van der Waals surface area contributed by atoms with Crippen LogP contribution in [-0.4, -0.2) is 19.3 Å². The molecule has 6 heteroatoms. The maximum Gasteiger partial charge on any atom is 0.180 e. The molecule has 102 valence electrons. The van der Waals surface area contributed by atoms with E-state index in [0.29, 0.717) is 28.8 Å². The summed E-state index contributed by atoms with van der Waals surface area (Å²) in [6, 6.07) is 5.46. The SMILES string of the molecule is CNCc1cc(Cl)c(OCc2ccno2)c(OC)c1. The van der Waals surface area contributed by atoms with E-state index in [9.17, 15) is 0 Å². The van der Waals surface area contributed by atoms with Crippen molar-refractivity contribution in [3.63, 3.8) is 0 Å². The van der Waals surface area contributed by atoms with E-state index in [2.05, 4.69) is 10.5 Å². The van der Waals surface area contributed by atoms with E-state index in [1.54, 1.807) is 19.4 Å². The van der Waals surface area contributed by atoms with Crippen LogP contribution in [0.2, 0.25) is 5.02 Å². The number of aromatic nitrogens is 1. The van der Waals surface area contributed by atoms with Gasteiger partial charge >= 0.3 is 0 Å². The maximum absolute atomic E-state index is 6.21. The quantitative estimate of drug-likeness (QED) is 0.883. The zero-order valence-corrected chi connectivity index (χ0v) is 11.5. The minimum Gasteiger partial charge on any atom is -0.493 e. The fraction of sp³-hybridized carbons (Fsp3) is 0.308. The van der Waals surface area contributed by atoms with Crippen LogP contribution in [0.5, 0.6) is 11.5 Å². The fourth-order valence-electron chi connectivity index (χ4n) is 1.68. The summed E-state index contributed by atoms with van der Waals surface area (Å²) in [7, 11) is 3.45. The van der Waals surface area contributed by atoms with Gasteiger partial charge in [0.05, 0.1) is 18.3 Å². The Labute approximate surface area is 116 Å². The molecule has 0 unspecified atom stereocenters. The van der Waals surface area contributed by atoms with E-state index in [1.165, 1.54) is 0 Å². The molecule has 1 aromatic carbocycles. The highest BCUT2D eigenvalue weighted by atomic mass is 35.5. The summed E-state index contributed by atoms with van der Waals surface area (Å²) in [4.78, 5) is 0. The lowest BCUT2D eigenvalue weighted by Gasteiger charge is -2.13. The molecule has 0 saturated heterocycles. The van der Waals surface area contributed by atoms with Gasteiger partial charge in [0.2, 0.25) is 0 Å².